The van der Waals surface area contributed by atoms with E-state index in [0.717, 1.165) is 0 Å². The summed E-state index contributed by atoms with van der Waals surface area (Å²) >= 11 is 0. The van der Waals surface area contributed by atoms with Gasteiger partial charge in [-0.05, 0) is 34.2 Å². The summed E-state index contributed by atoms with van der Waals surface area (Å²) in [6, 6.07) is 0.0688. The Hall–Kier alpha value is -1.43. The number of carbonyl (C=O) groups excluding carboxylic acids is 1. The number of nitrogens with one attached hydrogen (secondary N) is 1. The molecule has 1 heterocycles. The quantitative estimate of drug-likeness (QED) is 0.744. The van der Waals surface area contributed by atoms with Crippen molar-refractivity contribution in [2.75, 3.05) is 13.7 Å². The van der Waals surface area contributed by atoms with Crippen molar-refractivity contribution in [2.24, 2.45) is 0 Å². The molecule has 6 nitrogen and oxygen atoms in total. The zero-order chi connectivity index (χ0) is 12.9. The number of nitrogens with zero attached hydrogens (tertiary/aromatic N) is 3. The van der Waals surface area contributed by atoms with Crippen molar-refractivity contribution >= 4 is 5.97 Å². The predicted octanol–water partition coefficient (Wildman–Crippen LogP) is 0.770. The van der Waals surface area contributed by atoms with Gasteiger partial charge in [-0.2, -0.15) is 5.10 Å². The molecule has 2 atom stereocenters. The van der Waals surface area contributed by atoms with Crippen LogP contribution in [0, 0.1) is 0 Å². The van der Waals surface area contributed by atoms with Crippen LogP contribution in [-0.4, -0.2) is 39.9 Å². The minimum atomic E-state index is -0.707. The molecule has 2 unspecified atom stereocenters. The fourth-order valence-corrected chi connectivity index (χ4v) is 1.71. The average Bonchev–Trinajstić information content (AvgIpc) is 2.82. The summed E-state index contributed by atoms with van der Waals surface area (Å²) in [7, 11) is 1.75. The van der Waals surface area contributed by atoms with Crippen LogP contribution in [0.1, 0.15) is 33.2 Å². The molecule has 0 aliphatic rings. The van der Waals surface area contributed by atoms with Crippen molar-refractivity contribution in [2.45, 2.75) is 38.8 Å². The van der Waals surface area contributed by atoms with Crippen LogP contribution in [0.15, 0.2) is 12.7 Å². The Morgan fingerprint density at radius 2 is 2.35 bits per heavy atom. The first-order valence-corrected chi connectivity index (χ1v) is 5.73. The second kappa shape index (κ2) is 5.77. The summed E-state index contributed by atoms with van der Waals surface area (Å²) in [5.41, 5.74) is -0.707. The Balaban J connectivity index is 2.71. The van der Waals surface area contributed by atoms with Gasteiger partial charge in [0.25, 0.3) is 0 Å². The van der Waals surface area contributed by atoms with Crippen LogP contribution in [0.4, 0.5) is 0 Å². The molecule has 0 saturated heterocycles. The Labute approximate surface area is 101 Å². The highest BCUT2D eigenvalue weighted by Crippen LogP contribution is 2.21. The largest absolute Gasteiger partial charge is 0.465 e. The molecule has 0 saturated carbocycles. The minimum absolute atomic E-state index is 0.0688. The van der Waals surface area contributed by atoms with E-state index in [1.54, 1.807) is 25.0 Å². The SMILES string of the molecule is CCOC(=O)C(C)(CC(C)n1cncn1)NC. The smallest absolute Gasteiger partial charge is 0.326 e. The molecule has 1 rings (SSSR count). The van der Waals surface area contributed by atoms with Crippen LogP contribution >= 0.6 is 0 Å². The highest BCUT2D eigenvalue weighted by molar-refractivity contribution is 5.80. The lowest BCUT2D eigenvalue weighted by Gasteiger charge is -2.29. The first-order valence-electron chi connectivity index (χ1n) is 5.73. The fourth-order valence-electron chi connectivity index (χ4n) is 1.71. The Morgan fingerprint density at radius 3 is 2.82 bits per heavy atom. The van der Waals surface area contributed by atoms with E-state index in [2.05, 4.69) is 15.4 Å². The van der Waals surface area contributed by atoms with E-state index in [1.807, 2.05) is 13.8 Å². The van der Waals surface area contributed by atoms with Gasteiger partial charge in [0.2, 0.25) is 0 Å². The third-order valence-corrected chi connectivity index (χ3v) is 2.87. The average molecular weight is 240 g/mol. The molecule has 0 spiro atoms. The van der Waals surface area contributed by atoms with Gasteiger partial charge >= 0.3 is 5.97 Å². The number of rotatable bonds is 6. The Kier molecular flexibility index (Phi) is 4.62. The summed E-state index contributed by atoms with van der Waals surface area (Å²) in [6.45, 7) is 6.00. The van der Waals surface area contributed by atoms with Crippen molar-refractivity contribution in [3.63, 3.8) is 0 Å². The number of likely N-dealkylation sites (N-methyl/N-ethyl adjacent to an activating group) is 1. The standard InChI is InChI=1S/C11H20N4O2/c1-5-17-10(16)11(3,12-4)6-9(2)15-8-13-7-14-15/h7-9,12H,5-6H2,1-4H3. The molecule has 1 N–H and O–H groups in total. The molecule has 0 aromatic carbocycles. The fraction of sp³-hybridized carbons (Fsp3) is 0.727. The van der Waals surface area contributed by atoms with Crippen LogP contribution in [0.3, 0.4) is 0 Å². The summed E-state index contributed by atoms with van der Waals surface area (Å²) in [5.74, 6) is -0.241. The number of aromatic nitrogens is 3. The van der Waals surface area contributed by atoms with Crippen molar-refractivity contribution in [3.8, 4) is 0 Å². The van der Waals surface area contributed by atoms with Crippen molar-refractivity contribution in [1.29, 1.82) is 0 Å². The Morgan fingerprint density at radius 1 is 1.65 bits per heavy atom. The maximum atomic E-state index is 11.9. The molecule has 0 amide bonds. The van der Waals surface area contributed by atoms with E-state index >= 15 is 0 Å². The molecule has 0 bridgehead atoms. The van der Waals surface area contributed by atoms with Crippen molar-refractivity contribution in [1.82, 2.24) is 20.1 Å². The number of esters is 1. The molecular formula is C11H20N4O2. The van der Waals surface area contributed by atoms with Crippen LogP contribution in [0.25, 0.3) is 0 Å². The first-order chi connectivity index (χ1) is 8.03. The maximum absolute atomic E-state index is 11.9. The van der Waals surface area contributed by atoms with Gasteiger partial charge in [0.15, 0.2) is 0 Å². The zero-order valence-electron chi connectivity index (χ0n) is 10.8. The van der Waals surface area contributed by atoms with Gasteiger partial charge in [0.05, 0.1) is 12.6 Å². The third kappa shape index (κ3) is 3.26. The van der Waals surface area contributed by atoms with Gasteiger partial charge in [0, 0.05) is 0 Å². The zero-order valence-corrected chi connectivity index (χ0v) is 10.8. The van der Waals surface area contributed by atoms with E-state index in [-0.39, 0.29) is 12.0 Å². The van der Waals surface area contributed by atoms with Crippen molar-refractivity contribution < 1.29 is 9.53 Å². The lowest BCUT2D eigenvalue weighted by molar-refractivity contribution is -0.151. The summed E-state index contributed by atoms with van der Waals surface area (Å²) in [6.07, 6.45) is 3.72. The van der Waals surface area contributed by atoms with E-state index < -0.39 is 5.54 Å². The van der Waals surface area contributed by atoms with Gasteiger partial charge in [-0.1, -0.05) is 0 Å². The van der Waals surface area contributed by atoms with Gasteiger partial charge in [0.1, 0.15) is 18.2 Å². The molecule has 0 aliphatic heterocycles. The first kappa shape index (κ1) is 13.6. The Bertz CT molecular complexity index is 352. The maximum Gasteiger partial charge on any atom is 0.326 e. The van der Waals surface area contributed by atoms with E-state index in [9.17, 15) is 4.79 Å². The number of hydrogen-bond acceptors (Lipinski definition) is 5. The molecule has 0 radical (unpaired) electrons. The minimum Gasteiger partial charge on any atom is -0.465 e. The molecule has 0 aliphatic carbocycles. The van der Waals surface area contributed by atoms with Gasteiger partial charge in [-0.3, -0.25) is 9.48 Å². The van der Waals surface area contributed by atoms with Crippen LogP contribution in [0.5, 0.6) is 0 Å². The summed E-state index contributed by atoms with van der Waals surface area (Å²) in [5, 5.41) is 7.09. The number of ether oxygens (including phenoxy) is 1. The lowest BCUT2D eigenvalue weighted by atomic mass is 9.94. The van der Waals surface area contributed by atoms with E-state index in [1.165, 1.54) is 6.33 Å². The van der Waals surface area contributed by atoms with Gasteiger partial charge in [-0.15, -0.1) is 0 Å². The van der Waals surface area contributed by atoms with E-state index in [4.69, 9.17) is 4.74 Å². The second-order valence-electron chi connectivity index (χ2n) is 4.23. The predicted molar refractivity (Wildman–Crippen MR) is 63.4 cm³/mol. The van der Waals surface area contributed by atoms with Gasteiger partial charge in [-0.25, -0.2) is 4.98 Å². The summed E-state index contributed by atoms with van der Waals surface area (Å²) < 4.78 is 6.80. The number of carbonyl (C=O) groups is 1. The third-order valence-electron chi connectivity index (χ3n) is 2.87. The topological polar surface area (TPSA) is 69.0 Å². The molecule has 1 aromatic heterocycles. The lowest BCUT2D eigenvalue weighted by Crippen LogP contribution is -2.50. The molecule has 0 fully saturated rings. The number of hydrogen-bond donors (Lipinski definition) is 1. The molecule has 96 valence electrons. The molecule has 1 aromatic rings. The van der Waals surface area contributed by atoms with Crippen LogP contribution in [0.2, 0.25) is 0 Å². The second-order valence-corrected chi connectivity index (χ2v) is 4.23. The van der Waals surface area contributed by atoms with Crippen LogP contribution < -0.4 is 5.32 Å². The highest BCUT2D eigenvalue weighted by atomic mass is 16.5. The molecular weight excluding hydrogens is 220 g/mol. The van der Waals surface area contributed by atoms with Crippen molar-refractivity contribution in [3.05, 3.63) is 12.7 Å². The van der Waals surface area contributed by atoms with Gasteiger partial charge < -0.3 is 10.1 Å². The highest BCUT2D eigenvalue weighted by Gasteiger charge is 2.35. The van der Waals surface area contributed by atoms with Crippen LogP contribution in [-0.2, 0) is 9.53 Å². The molecule has 6 heteroatoms. The van der Waals surface area contributed by atoms with E-state index in [0.29, 0.717) is 13.0 Å². The normalized spacial score (nSPS) is 16.2. The summed E-state index contributed by atoms with van der Waals surface area (Å²) in [4.78, 5) is 15.8. The molecule has 17 heavy (non-hydrogen) atoms. The monoisotopic (exact) mass is 240 g/mol.